The third-order valence-corrected chi connectivity index (χ3v) is 4.60. The number of rotatable bonds is 4. The van der Waals surface area contributed by atoms with Crippen LogP contribution in [-0.4, -0.2) is 30.3 Å². The second kappa shape index (κ2) is 7.23. The van der Waals surface area contributed by atoms with Crippen molar-refractivity contribution in [3.8, 4) is 0 Å². The van der Waals surface area contributed by atoms with E-state index in [9.17, 15) is 14.0 Å². The van der Waals surface area contributed by atoms with Crippen LogP contribution in [0.3, 0.4) is 0 Å². The second-order valence-corrected chi connectivity index (χ2v) is 6.56. The first-order valence-corrected chi connectivity index (χ1v) is 8.40. The highest BCUT2D eigenvalue weighted by Crippen LogP contribution is 2.27. The Hall–Kier alpha value is -2.40. The van der Waals surface area contributed by atoms with Gasteiger partial charge in [-0.15, -0.1) is 0 Å². The molecule has 2 aromatic rings. The largest absolute Gasteiger partial charge is 0.341 e. The lowest BCUT2D eigenvalue weighted by atomic mass is 10.1. The van der Waals surface area contributed by atoms with Crippen molar-refractivity contribution in [1.29, 1.82) is 0 Å². The molecule has 25 heavy (non-hydrogen) atoms. The molecule has 0 spiro atoms. The summed E-state index contributed by atoms with van der Waals surface area (Å²) in [6.07, 6.45) is 0.480. The van der Waals surface area contributed by atoms with Gasteiger partial charge in [-0.2, -0.15) is 0 Å². The summed E-state index contributed by atoms with van der Waals surface area (Å²) in [5.74, 6) is -1.41. The molecule has 0 aliphatic carbocycles. The third-order valence-electron chi connectivity index (χ3n) is 4.35. The predicted molar refractivity (Wildman–Crippen MR) is 94.8 cm³/mol. The first-order valence-electron chi connectivity index (χ1n) is 8.02. The van der Waals surface area contributed by atoms with E-state index in [1.54, 1.807) is 48.3 Å². The Morgan fingerprint density at radius 3 is 2.48 bits per heavy atom. The maximum absolute atomic E-state index is 13.0. The minimum atomic E-state index is -0.680. The summed E-state index contributed by atoms with van der Waals surface area (Å²) in [6, 6.07) is 13.0. The van der Waals surface area contributed by atoms with Crippen molar-refractivity contribution in [3.05, 3.63) is 64.9 Å². The first kappa shape index (κ1) is 17.4. The lowest BCUT2D eigenvalue weighted by Gasteiger charge is -2.21. The van der Waals surface area contributed by atoms with Gasteiger partial charge in [0.1, 0.15) is 11.7 Å². The van der Waals surface area contributed by atoms with Crippen molar-refractivity contribution in [1.82, 2.24) is 4.90 Å². The van der Waals surface area contributed by atoms with E-state index in [4.69, 9.17) is 11.6 Å². The average molecular weight is 361 g/mol. The van der Waals surface area contributed by atoms with Crippen molar-refractivity contribution in [2.75, 3.05) is 18.5 Å². The molecule has 1 fully saturated rings. The van der Waals surface area contributed by atoms with E-state index in [0.29, 0.717) is 24.5 Å². The number of amides is 2. The van der Waals surface area contributed by atoms with Crippen molar-refractivity contribution in [2.45, 2.75) is 13.0 Å². The van der Waals surface area contributed by atoms with Crippen LogP contribution < -0.4 is 4.90 Å². The minimum Gasteiger partial charge on any atom is -0.341 e. The lowest BCUT2D eigenvalue weighted by Crippen LogP contribution is -2.37. The van der Waals surface area contributed by atoms with Gasteiger partial charge in [-0.25, -0.2) is 4.39 Å². The van der Waals surface area contributed by atoms with Crippen LogP contribution in [0.15, 0.2) is 48.5 Å². The SMILES string of the molecule is CN(Cc1ccc(F)cc1)C(=O)C1CCN(c2ccc(Cl)cc2)C1=O. The van der Waals surface area contributed by atoms with E-state index in [1.807, 2.05) is 0 Å². The molecule has 1 aliphatic rings. The van der Waals surface area contributed by atoms with Crippen molar-refractivity contribution in [3.63, 3.8) is 0 Å². The van der Waals surface area contributed by atoms with Gasteiger partial charge in [0.25, 0.3) is 0 Å². The molecular weight excluding hydrogens is 343 g/mol. The molecule has 2 aromatic carbocycles. The maximum Gasteiger partial charge on any atom is 0.239 e. The summed E-state index contributed by atoms with van der Waals surface area (Å²) in [7, 11) is 1.66. The zero-order chi connectivity index (χ0) is 18.0. The zero-order valence-electron chi connectivity index (χ0n) is 13.8. The molecule has 130 valence electrons. The molecule has 0 bridgehead atoms. The fourth-order valence-electron chi connectivity index (χ4n) is 2.99. The van der Waals surface area contributed by atoms with Crippen molar-refractivity contribution in [2.24, 2.45) is 5.92 Å². The van der Waals surface area contributed by atoms with Crippen molar-refractivity contribution < 1.29 is 14.0 Å². The van der Waals surface area contributed by atoms with Crippen LogP contribution in [0.4, 0.5) is 10.1 Å². The number of hydrogen-bond donors (Lipinski definition) is 0. The van der Waals surface area contributed by atoms with Crippen LogP contribution >= 0.6 is 11.6 Å². The molecule has 1 heterocycles. The van der Waals surface area contributed by atoms with Crippen LogP contribution in [0, 0.1) is 11.7 Å². The van der Waals surface area contributed by atoms with E-state index in [1.165, 1.54) is 17.0 Å². The smallest absolute Gasteiger partial charge is 0.239 e. The molecule has 1 aliphatic heterocycles. The summed E-state index contributed by atoms with van der Waals surface area (Å²) >= 11 is 5.87. The Kier molecular flexibility index (Phi) is 5.04. The molecule has 1 atom stereocenters. The van der Waals surface area contributed by atoms with Gasteiger partial charge in [-0.1, -0.05) is 23.7 Å². The Morgan fingerprint density at radius 2 is 1.84 bits per heavy atom. The van der Waals surface area contributed by atoms with Crippen molar-refractivity contribution >= 4 is 29.1 Å². The lowest BCUT2D eigenvalue weighted by molar-refractivity contribution is -0.139. The summed E-state index contributed by atoms with van der Waals surface area (Å²) in [6.45, 7) is 0.838. The minimum absolute atomic E-state index is 0.196. The first-order chi connectivity index (χ1) is 12.0. The quantitative estimate of drug-likeness (QED) is 0.783. The topological polar surface area (TPSA) is 40.6 Å². The highest BCUT2D eigenvalue weighted by molar-refractivity contribution is 6.30. The monoisotopic (exact) mass is 360 g/mol. The maximum atomic E-state index is 13.0. The van der Waals surface area contributed by atoms with Gasteiger partial charge in [0.05, 0.1) is 0 Å². The summed E-state index contributed by atoms with van der Waals surface area (Å²) in [5, 5.41) is 0.599. The van der Waals surface area contributed by atoms with Gasteiger partial charge in [-0.05, 0) is 48.4 Å². The molecule has 0 aromatic heterocycles. The third kappa shape index (κ3) is 3.82. The van der Waals surface area contributed by atoms with E-state index < -0.39 is 5.92 Å². The van der Waals surface area contributed by atoms with Crippen LogP contribution in [-0.2, 0) is 16.1 Å². The van der Waals surface area contributed by atoms with Gasteiger partial charge in [0, 0.05) is 30.8 Å². The second-order valence-electron chi connectivity index (χ2n) is 6.13. The fraction of sp³-hybridized carbons (Fsp3) is 0.263. The van der Waals surface area contributed by atoms with E-state index in [2.05, 4.69) is 0 Å². The fourth-order valence-corrected chi connectivity index (χ4v) is 3.12. The number of nitrogens with zero attached hydrogens (tertiary/aromatic N) is 2. The Bertz CT molecular complexity index is 777. The number of benzene rings is 2. The van der Waals surface area contributed by atoms with E-state index >= 15 is 0 Å². The molecule has 1 unspecified atom stereocenters. The summed E-state index contributed by atoms with van der Waals surface area (Å²) in [4.78, 5) is 28.4. The van der Waals surface area contributed by atoms with Gasteiger partial charge < -0.3 is 9.80 Å². The van der Waals surface area contributed by atoms with E-state index in [-0.39, 0.29) is 17.6 Å². The molecule has 0 radical (unpaired) electrons. The molecule has 6 heteroatoms. The molecule has 2 amide bonds. The number of carbonyl (C=O) groups excluding carboxylic acids is 2. The molecule has 0 saturated carbocycles. The van der Waals surface area contributed by atoms with Gasteiger partial charge in [-0.3, -0.25) is 9.59 Å². The predicted octanol–water partition coefficient (Wildman–Crippen LogP) is 3.49. The highest BCUT2D eigenvalue weighted by atomic mass is 35.5. The average Bonchev–Trinajstić information content (AvgIpc) is 2.98. The molecule has 1 saturated heterocycles. The number of carbonyl (C=O) groups is 2. The molecule has 3 rings (SSSR count). The van der Waals surface area contributed by atoms with Crippen LogP contribution in [0.1, 0.15) is 12.0 Å². The Balaban J connectivity index is 1.67. The van der Waals surface area contributed by atoms with Gasteiger partial charge in [0.2, 0.25) is 11.8 Å². The standard InChI is InChI=1S/C19H18ClFN2O2/c1-22(12-13-2-6-15(21)7-3-13)18(24)17-10-11-23(19(17)25)16-8-4-14(20)5-9-16/h2-9,17H,10-12H2,1H3. The normalized spacial score (nSPS) is 17.0. The van der Waals surface area contributed by atoms with E-state index in [0.717, 1.165) is 11.3 Å². The summed E-state index contributed by atoms with van der Waals surface area (Å²) in [5.41, 5.74) is 1.56. The Morgan fingerprint density at radius 1 is 1.20 bits per heavy atom. The summed E-state index contributed by atoms with van der Waals surface area (Å²) < 4.78 is 13.0. The number of anilines is 1. The highest BCUT2D eigenvalue weighted by Gasteiger charge is 2.38. The Labute approximate surface area is 150 Å². The van der Waals surface area contributed by atoms with Gasteiger partial charge >= 0.3 is 0 Å². The molecular formula is C19H18ClFN2O2. The zero-order valence-corrected chi connectivity index (χ0v) is 14.5. The van der Waals surface area contributed by atoms with Crippen LogP contribution in [0.5, 0.6) is 0 Å². The number of hydrogen-bond acceptors (Lipinski definition) is 2. The number of halogens is 2. The van der Waals surface area contributed by atoms with Gasteiger partial charge in [0.15, 0.2) is 0 Å². The van der Waals surface area contributed by atoms with Crippen LogP contribution in [0.25, 0.3) is 0 Å². The van der Waals surface area contributed by atoms with Crippen LogP contribution in [0.2, 0.25) is 5.02 Å². The molecule has 4 nitrogen and oxygen atoms in total. The molecule has 0 N–H and O–H groups in total.